The lowest BCUT2D eigenvalue weighted by molar-refractivity contribution is 0.517. The van der Waals surface area contributed by atoms with E-state index in [1.54, 1.807) is 12.1 Å². The molecule has 23 heavy (non-hydrogen) atoms. The van der Waals surface area contributed by atoms with Crippen LogP contribution in [-0.4, -0.2) is 21.0 Å². The van der Waals surface area contributed by atoms with Crippen LogP contribution in [0.3, 0.4) is 0 Å². The van der Waals surface area contributed by atoms with Crippen molar-refractivity contribution in [1.29, 1.82) is 0 Å². The van der Waals surface area contributed by atoms with Gasteiger partial charge in [-0.3, -0.25) is 0 Å². The molecule has 4 nitrogen and oxygen atoms in total. The number of nitrogens with one attached hydrogen (secondary N) is 1. The van der Waals surface area contributed by atoms with Crippen LogP contribution in [0.4, 0.5) is 0 Å². The van der Waals surface area contributed by atoms with Crippen molar-refractivity contribution in [2.45, 2.75) is 37.1 Å². The Morgan fingerprint density at radius 2 is 1.57 bits per heavy atom. The summed E-state index contributed by atoms with van der Waals surface area (Å²) in [6, 6.07) is 17.7. The second-order valence-electron chi connectivity index (χ2n) is 5.82. The zero-order valence-electron chi connectivity index (χ0n) is 13.4. The Bertz CT molecular complexity index is 698. The average Bonchev–Trinajstić information content (AvgIpc) is 2.53. The van der Waals surface area contributed by atoms with E-state index in [9.17, 15) is 8.42 Å². The van der Waals surface area contributed by atoms with Gasteiger partial charge < -0.3 is 5.32 Å². The van der Waals surface area contributed by atoms with Crippen LogP contribution in [0.25, 0.3) is 0 Å². The van der Waals surface area contributed by atoms with E-state index in [0.717, 1.165) is 31.4 Å². The summed E-state index contributed by atoms with van der Waals surface area (Å²) in [6.45, 7) is 3.05. The predicted molar refractivity (Wildman–Crippen MR) is 93.7 cm³/mol. The van der Waals surface area contributed by atoms with Crippen molar-refractivity contribution in [3.05, 3.63) is 65.7 Å². The van der Waals surface area contributed by atoms with Gasteiger partial charge in [0.2, 0.25) is 10.0 Å². The molecule has 2 aromatic rings. The maximum Gasteiger partial charge on any atom is 0.238 e. The molecule has 0 fully saturated rings. The molecule has 2 aromatic carbocycles. The molecule has 0 radical (unpaired) electrons. The van der Waals surface area contributed by atoms with Crippen molar-refractivity contribution in [2.24, 2.45) is 5.14 Å². The Kier molecular flexibility index (Phi) is 6.33. The van der Waals surface area contributed by atoms with Crippen LogP contribution in [0.2, 0.25) is 0 Å². The van der Waals surface area contributed by atoms with Gasteiger partial charge in [-0.05, 0) is 56.0 Å². The van der Waals surface area contributed by atoms with E-state index in [4.69, 9.17) is 5.14 Å². The molecule has 0 spiro atoms. The molecular formula is C18H24N2O2S. The summed E-state index contributed by atoms with van der Waals surface area (Å²) < 4.78 is 22.4. The molecule has 0 amide bonds. The number of rotatable bonds is 8. The first-order chi connectivity index (χ1) is 10.9. The third-order valence-corrected chi connectivity index (χ3v) is 4.80. The van der Waals surface area contributed by atoms with Gasteiger partial charge >= 0.3 is 0 Å². The van der Waals surface area contributed by atoms with Crippen molar-refractivity contribution in [2.75, 3.05) is 6.54 Å². The van der Waals surface area contributed by atoms with Gasteiger partial charge in [0.1, 0.15) is 0 Å². The molecule has 3 N–H and O–H groups in total. The highest BCUT2D eigenvalue weighted by atomic mass is 32.2. The zero-order chi connectivity index (χ0) is 16.7. The van der Waals surface area contributed by atoms with Crippen molar-refractivity contribution in [3.63, 3.8) is 0 Å². The predicted octanol–water partition coefficient (Wildman–Crippen LogP) is 2.49. The van der Waals surface area contributed by atoms with Crippen LogP contribution < -0.4 is 10.5 Å². The van der Waals surface area contributed by atoms with Crippen LogP contribution in [0.1, 0.15) is 24.5 Å². The maximum absolute atomic E-state index is 11.2. The fourth-order valence-corrected chi connectivity index (χ4v) is 2.95. The third-order valence-electron chi connectivity index (χ3n) is 3.87. The van der Waals surface area contributed by atoms with Crippen molar-refractivity contribution >= 4 is 10.0 Å². The summed E-state index contributed by atoms with van der Waals surface area (Å²) in [5.41, 5.74) is 2.46. The Balaban J connectivity index is 1.72. The fraction of sp³-hybridized carbons (Fsp3) is 0.333. The summed E-state index contributed by atoms with van der Waals surface area (Å²) in [7, 11) is -3.60. The maximum atomic E-state index is 11.2. The highest BCUT2D eigenvalue weighted by Gasteiger charge is 2.07. The van der Waals surface area contributed by atoms with Gasteiger partial charge in [-0.25, -0.2) is 13.6 Å². The first-order valence-electron chi connectivity index (χ1n) is 7.84. The first kappa shape index (κ1) is 17.7. The van der Waals surface area contributed by atoms with E-state index >= 15 is 0 Å². The van der Waals surface area contributed by atoms with Gasteiger partial charge in [-0.15, -0.1) is 0 Å². The Labute approximate surface area is 138 Å². The smallest absolute Gasteiger partial charge is 0.238 e. The van der Waals surface area contributed by atoms with Crippen LogP contribution in [0.5, 0.6) is 0 Å². The largest absolute Gasteiger partial charge is 0.314 e. The number of aryl methyl sites for hydroxylation is 1. The number of nitrogens with two attached hydrogens (primary N) is 1. The van der Waals surface area contributed by atoms with E-state index < -0.39 is 10.0 Å². The Morgan fingerprint density at radius 1 is 0.957 bits per heavy atom. The van der Waals surface area contributed by atoms with Gasteiger partial charge in [-0.1, -0.05) is 42.5 Å². The third kappa shape index (κ3) is 6.14. The zero-order valence-corrected chi connectivity index (χ0v) is 14.2. The molecule has 124 valence electrons. The number of benzene rings is 2. The van der Waals surface area contributed by atoms with E-state index in [0.29, 0.717) is 6.04 Å². The van der Waals surface area contributed by atoms with Crippen LogP contribution in [0, 0.1) is 0 Å². The normalized spacial score (nSPS) is 13.0. The van der Waals surface area contributed by atoms with Crippen molar-refractivity contribution < 1.29 is 8.42 Å². The molecule has 0 aromatic heterocycles. The Hall–Kier alpha value is -1.69. The summed E-state index contributed by atoms with van der Waals surface area (Å²) in [5.74, 6) is 0. The quantitative estimate of drug-likeness (QED) is 0.780. The molecule has 0 saturated carbocycles. The van der Waals surface area contributed by atoms with Gasteiger partial charge in [0.25, 0.3) is 0 Å². The molecule has 0 saturated heterocycles. The van der Waals surface area contributed by atoms with Gasteiger partial charge in [0.05, 0.1) is 4.90 Å². The summed E-state index contributed by atoms with van der Waals surface area (Å²) in [4.78, 5) is 0.158. The standard InChI is InChI=1S/C18H24N2O2S/c1-15(7-8-16-5-3-2-4-6-16)20-14-13-17-9-11-18(12-10-17)23(19,21)22/h2-6,9-12,15,20H,7-8,13-14H2,1H3,(H2,19,21,22). The molecular weight excluding hydrogens is 308 g/mol. The summed E-state index contributed by atoms with van der Waals surface area (Å²) in [5, 5.41) is 8.59. The molecule has 0 bridgehead atoms. The molecule has 1 atom stereocenters. The number of hydrogen-bond donors (Lipinski definition) is 2. The minimum absolute atomic E-state index is 0.158. The minimum Gasteiger partial charge on any atom is -0.314 e. The molecule has 2 rings (SSSR count). The Morgan fingerprint density at radius 3 is 2.17 bits per heavy atom. The van der Waals surface area contributed by atoms with Crippen LogP contribution in [-0.2, 0) is 22.9 Å². The van der Waals surface area contributed by atoms with Crippen molar-refractivity contribution in [3.8, 4) is 0 Å². The van der Waals surface area contributed by atoms with E-state index in [1.165, 1.54) is 5.56 Å². The second kappa shape index (κ2) is 8.24. The van der Waals surface area contributed by atoms with E-state index in [-0.39, 0.29) is 4.90 Å². The lowest BCUT2D eigenvalue weighted by Crippen LogP contribution is -2.28. The number of hydrogen-bond acceptors (Lipinski definition) is 3. The topological polar surface area (TPSA) is 72.2 Å². The monoisotopic (exact) mass is 332 g/mol. The van der Waals surface area contributed by atoms with Crippen LogP contribution >= 0.6 is 0 Å². The van der Waals surface area contributed by atoms with Gasteiger partial charge in [-0.2, -0.15) is 0 Å². The number of sulfonamides is 1. The first-order valence-corrected chi connectivity index (χ1v) is 9.39. The number of primary sulfonamides is 1. The lowest BCUT2D eigenvalue weighted by atomic mass is 10.1. The van der Waals surface area contributed by atoms with E-state index in [1.807, 2.05) is 18.2 Å². The lowest BCUT2D eigenvalue weighted by Gasteiger charge is -2.14. The molecule has 0 aliphatic carbocycles. The molecule has 0 heterocycles. The second-order valence-corrected chi connectivity index (χ2v) is 7.38. The highest BCUT2D eigenvalue weighted by molar-refractivity contribution is 7.89. The molecule has 5 heteroatoms. The van der Waals surface area contributed by atoms with Gasteiger partial charge in [0.15, 0.2) is 0 Å². The molecule has 0 aliphatic heterocycles. The van der Waals surface area contributed by atoms with Crippen molar-refractivity contribution in [1.82, 2.24) is 5.32 Å². The summed E-state index contributed by atoms with van der Waals surface area (Å²) >= 11 is 0. The molecule has 0 aliphatic rings. The highest BCUT2D eigenvalue weighted by Crippen LogP contribution is 2.09. The fourth-order valence-electron chi connectivity index (χ4n) is 2.44. The average molecular weight is 332 g/mol. The van der Waals surface area contributed by atoms with Gasteiger partial charge in [0, 0.05) is 6.04 Å². The van der Waals surface area contributed by atoms with Crippen LogP contribution in [0.15, 0.2) is 59.5 Å². The SMILES string of the molecule is CC(CCc1ccccc1)NCCc1ccc(S(N)(=O)=O)cc1. The minimum atomic E-state index is -3.60. The molecule has 1 unspecified atom stereocenters. The summed E-state index contributed by atoms with van der Waals surface area (Å²) in [6.07, 6.45) is 3.02. The van der Waals surface area contributed by atoms with E-state index in [2.05, 4.69) is 36.5 Å².